The lowest BCUT2D eigenvalue weighted by molar-refractivity contribution is -0.0237. The molecule has 2 aliphatic rings. The van der Waals surface area contributed by atoms with Crippen LogP contribution >= 0.6 is 0 Å². The molecule has 2 heterocycles. The highest BCUT2D eigenvalue weighted by Crippen LogP contribution is 2.42. The average Bonchev–Trinajstić information content (AvgIpc) is 2.27. The quantitative estimate of drug-likeness (QED) is 0.860. The smallest absolute Gasteiger partial charge is 0.0234 e. The molecule has 0 radical (unpaired) electrons. The van der Waals surface area contributed by atoms with Gasteiger partial charge < -0.3 is 5.32 Å². The van der Waals surface area contributed by atoms with Gasteiger partial charge in [0.2, 0.25) is 0 Å². The highest BCUT2D eigenvalue weighted by molar-refractivity contribution is 5.15. The highest BCUT2D eigenvalue weighted by Gasteiger charge is 2.45. The van der Waals surface area contributed by atoms with E-state index < -0.39 is 0 Å². The Hall–Kier alpha value is -0.860. The lowest BCUT2D eigenvalue weighted by atomic mass is 9.66. The minimum Gasteiger partial charge on any atom is -0.316 e. The Labute approximate surface area is 110 Å². The first kappa shape index (κ1) is 12.2. The van der Waals surface area contributed by atoms with E-state index in [2.05, 4.69) is 54.4 Å². The number of likely N-dealkylation sites (tertiary alicyclic amines) is 1. The minimum absolute atomic E-state index is 0.458. The van der Waals surface area contributed by atoms with Gasteiger partial charge in [-0.25, -0.2) is 0 Å². The van der Waals surface area contributed by atoms with Gasteiger partial charge in [0, 0.05) is 32.7 Å². The van der Waals surface area contributed by atoms with E-state index >= 15 is 0 Å². The summed E-state index contributed by atoms with van der Waals surface area (Å²) in [7, 11) is 0. The molecule has 2 saturated heterocycles. The van der Waals surface area contributed by atoms with Crippen molar-refractivity contribution in [3.05, 3.63) is 35.9 Å². The van der Waals surface area contributed by atoms with Crippen LogP contribution in [0, 0.1) is 10.8 Å². The molecule has 98 valence electrons. The van der Waals surface area contributed by atoms with E-state index in [0.717, 1.165) is 6.54 Å². The van der Waals surface area contributed by atoms with Crippen molar-refractivity contribution < 1.29 is 0 Å². The number of fused-ring (bicyclic) bond motifs is 2. The molecule has 0 unspecified atom stereocenters. The van der Waals surface area contributed by atoms with Gasteiger partial charge in [0.1, 0.15) is 0 Å². The van der Waals surface area contributed by atoms with Crippen LogP contribution in [-0.4, -0.2) is 31.1 Å². The van der Waals surface area contributed by atoms with Gasteiger partial charge in [-0.2, -0.15) is 0 Å². The monoisotopic (exact) mass is 244 g/mol. The molecule has 2 aliphatic heterocycles. The zero-order valence-corrected chi connectivity index (χ0v) is 11.6. The summed E-state index contributed by atoms with van der Waals surface area (Å²) < 4.78 is 0. The molecule has 1 aromatic carbocycles. The van der Waals surface area contributed by atoms with E-state index in [4.69, 9.17) is 0 Å². The third-order valence-electron chi connectivity index (χ3n) is 4.42. The third kappa shape index (κ3) is 2.45. The van der Waals surface area contributed by atoms with Crippen molar-refractivity contribution in [2.45, 2.75) is 26.8 Å². The molecular formula is C16H24N2. The maximum absolute atomic E-state index is 3.63. The SMILES string of the molecule is C[C@]12CNC[C@](C)(CN(Cc3ccccc3)C1)C2. The molecule has 3 rings (SSSR count). The predicted molar refractivity (Wildman–Crippen MR) is 75.4 cm³/mol. The van der Waals surface area contributed by atoms with Crippen molar-refractivity contribution >= 4 is 0 Å². The highest BCUT2D eigenvalue weighted by atomic mass is 15.2. The summed E-state index contributed by atoms with van der Waals surface area (Å²) >= 11 is 0. The van der Waals surface area contributed by atoms with Gasteiger partial charge in [-0.3, -0.25) is 4.90 Å². The maximum atomic E-state index is 3.63. The van der Waals surface area contributed by atoms with Crippen LogP contribution in [0.2, 0.25) is 0 Å². The Bertz CT molecular complexity index is 398. The lowest BCUT2D eigenvalue weighted by Gasteiger charge is -2.54. The molecule has 0 spiro atoms. The zero-order chi connectivity index (χ0) is 12.6. The second-order valence-electron chi connectivity index (χ2n) is 7.03. The summed E-state index contributed by atoms with van der Waals surface area (Å²) in [6, 6.07) is 10.9. The molecule has 2 bridgehead atoms. The molecule has 1 N–H and O–H groups in total. The van der Waals surface area contributed by atoms with E-state index in [1.807, 2.05) is 0 Å². The number of hydrogen-bond acceptors (Lipinski definition) is 2. The molecule has 0 aliphatic carbocycles. The van der Waals surface area contributed by atoms with Crippen molar-refractivity contribution in [1.29, 1.82) is 0 Å². The largest absolute Gasteiger partial charge is 0.316 e. The fourth-order valence-corrected chi connectivity index (χ4v) is 4.13. The number of benzene rings is 1. The summed E-state index contributed by atoms with van der Waals surface area (Å²) in [6.45, 7) is 10.8. The Balaban J connectivity index is 1.74. The van der Waals surface area contributed by atoms with Gasteiger partial charge in [-0.1, -0.05) is 44.2 Å². The summed E-state index contributed by atoms with van der Waals surface area (Å²) in [6.07, 6.45) is 1.37. The molecular weight excluding hydrogens is 220 g/mol. The minimum atomic E-state index is 0.458. The van der Waals surface area contributed by atoms with E-state index in [1.165, 1.54) is 38.2 Å². The molecule has 2 fully saturated rings. The summed E-state index contributed by atoms with van der Waals surface area (Å²) in [5.41, 5.74) is 2.36. The summed E-state index contributed by atoms with van der Waals surface area (Å²) in [4.78, 5) is 2.65. The number of piperidine rings is 2. The van der Waals surface area contributed by atoms with Gasteiger partial charge in [-0.15, -0.1) is 0 Å². The molecule has 0 amide bonds. The van der Waals surface area contributed by atoms with Gasteiger partial charge in [0.25, 0.3) is 0 Å². The van der Waals surface area contributed by atoms with Crippen molar-refractivity contribution in [1.82, 2.24) is 10.2 Å². The fourth-order valence-electron chi connectivity index (χ4n) is 4.13. The van der Waals surface area contributed by atoms with Crippen LogP contribution in [0.25, 0.3) is 0 Å². The number of nitrogens with one attached hydrogen (secondary N) is 1. The van der Waals surface area contributed by atoms with Gasteiger partial charge >= 0.3 is 0 Å². The first-order valence-electron chi connectivity index (χ1n) is 7.04. The zero-order valence-electron chi connectivity index (χ0n) is 11.6. The fraction of sp³-hybridized carbons (Fsp3) is 0.625. The third-order valence-corrected chi connectivity index (χ3v) is 4.42. The van der Waals surface area contributed by atoms with Crippen LogP contribution in [-0.2, 0) is 6.54 Å². The van der Waals surface area contributed by atoms with E-state index in [1.54, 1.807) is 0 Å². The first-order chi connectivity index (χ1) is 8.57. The molecule has 1 aromatic rings. The predicted octanol–water partition coefficient (Wildman–Crippen LogP) is 2.51. The lowest BCUT2D eigenvalue weighted by Crippen LogP contribution is -2.60. The van der Waals surface area contributed by atoms with Crippen molar-refractivity contribution in [2.24, 2.45) is 10.8 Å². The van der Waals surface area contributed by atoms with Crippen molar-refractivity contribution in [3.63, 3.8) is 0 Å². The Morgan fingerprint density at radius 3 is 2.28 bits per heavy atom. The van der Waals surface area contributed by atoms with Crippen molar-refractivity contribution in [3.8, 4) is 0 Å². The van der Waals surface area contributed by atoms with Crippen LogP contribution in [0.1, 0.15) is 25.8 Å². The summed E-state index contributed by atoms with van der Waals surface area (Å²) in [5.74, 6) is 0. The maximum Gasteiger partial charge on any atom is 0.0234 e. The second kappa shape index (κ2) is 4.36. The molecule has 2 atom stereocenters. The molecule has 0 aromatic heterocycles. The van der Waals surface area contributed by atoms with Crippen molar-refractivity contribution in [2.75, 3.05) is 26.2 Å². The standard InChI is InChI=1S/C16H24N2/c1-15-9-16(2,11-17-10-15)13-18(12-15)8-14-6-4-3-5-7-14/h3-7,17H,8-13H2,1-2H3/t15-,16+. The molecule has 0 saturated carbocycles. The molecule has 2 nitrogen and oxygen atoms in total. The van der Waals surface area contributed by atoms with Gasteiger partial charge in [0.15, 0.2) is 0 Å². The topological polar surface area (TPSA) is 15.3 Å². The van der Waals surface area contributed by atoms with E-state index in [0.29, 0.717) is 10.8 Å². The van der Waals surface area contributed by atoms with E-state index in [-0.39, 0.29) is 0 Å². The number of nitrogens with zero attached hydrogens (tertiary/aromatic N) is 1. The Kier molecular flexibility index (Phi) is 2.95. The van der Waals surface area contributed by atoms with Crippen LogP contribution in [0.15, 0.2) is 30.3 Å². The second-order valence-corrected chi connectivity index (χ2v) is 7.03. The Morgan fingerprint density at radius 1 is 1.06 bits per heavy atom. The number of hydrogen-bond donors (Lipinski definition) is 1. The normalized spacial score (nSPS) is 36.6. The van der Waals surface area contributed by atoms with Gasteiger partial charge in [-0.05, 0) is 22.8 Å². The van der Waals surface area contributed by atoms with Crippen LogP contribution in [0.5, 0.6) is 0 Å². The molecule has 18 heavy (non-hydrogen) atoms. The van der Waals surface area contributed by atoms with E-state index in [9.17, 15) is 0 Å². The molecule has 2 heteroatoms. The number of rotatable bonds is 2. The van der Waals surface area contributed by atoms with Crippen LogP contribution in [0.3, 0.4) is 0 Å². The summed E-state index contributed by atoms with van der Waals surface area (Å²) in [5, 5.41) is 3.63. The van der Waals surface area contributed by atoms with Crippen LogP contribution in [0.4, 0.5) is 0 Å². The van der Waals surface area contributed by atoms with Gasteiger partial charge in [0.05, 0.1) is 0 Å². The Morgan fingerprint density at radius 2 is 1.67 bits per heavy atom. The first-order valence-corrected chi connectivity index (χ1v) is 7.04. The average molecular weight is 244 g/mol. The van der Waals surface area contributed by atoms with Crippen LogP contribution < -0.4 is 5.32 Å².